The summed E-state index contributed by atoms with van der Waals surface area (Å²) in [4.78, 5) is 4.75. The Labute approximate surface area is 175 Å². The maximum absolute atomic E-state index is 6.25. The first-order valence-electron chi connectivity index (χ1n) is 10.4. The molecule has 0 amide bonds. The van der Waals surface area contributed by atoms with Crippen molar-refractivity contribution in [1.82, 2.24) is 25.4 Å². The van der Waals surface area contributed by atoms with E-state index in [1.807, 2.05) is 18.5 Å². The van der Waals surface area contributed by atoms with Gasteiger partial charge in [0.05, 0.1) is 19.2 Å². The van der Waals surface area contributed by atoms with Crippen molar-refractivity contribution in [2.24, 2.45) is 18.0 Å². The maximum atomic E-state index is 6.25. The van der Waals surface area contributed by atoms with Gasteiger partial charge >= 0.3 is 0 Å². The van der Waals surface area contributed by atoms with Crippen LogP contribution in [-0.4, -0.2) is 33.4 Å². The van der Waals surface area contributed by atoms with Crippen LogP contribution in [0.3, 0.4) is 0 Å². The Morgan fingerprint density at radius 1 is 1.17 bits per heavy atom. The highest BCUT2D eigenvalue weighted by atomic mass is 16.5. The van der Waals surface area contributed by atoms with E-state index in [9.17, 15) is 0 Å². The summed E-state index contributed by atoms with van der Waals surface area (Å²) in [6, 6.07) is 6.31. The van der Waals surface area contributed by atoms with E-state index in [1.165, 1.54) is 5.56 Å². The number of nitrogens with one attached hydrogen (secondary N) is 2. The molecule has 0 aliphatic heterocycles. The summed E-state index contributed by atoms with van der Waals surface area (Å²) in [7, 11) is 1.96. The molecule has 2 rings (SSSR count). The summed E-state index contributed by atoms with van der Waals surface area (Å²) in [6.07, 6.45) is 1.20. The van der Waals surface area contributed by atoms with Crippen molar-refractivity contribution < 1.29 is 4.74 Å². The van der Waals surface area contributed by atoms with Crippen LogP contribution < -0.4 is 15.4 Å². The van der Waals surface area contributed by atoms with Crippen LogP contribution in [0.2, 0.25) is 0 Å². The monoisotopic (exact) mass is 400 g/mol. The maximum Gasteiger partial charge on any atom is 0.191 e. The van der Waals surface area contributed by atoms with E-state index in [4.69, 9.17) is 9.73 Å². The summed E-state index contributed by atoms with van der Waals surface area (Å²) in [6.45, 7) is 14.5. The molecule has 2 N–H and O–H groups in total. The normalized spacial score (nSPS) is 12.9. The standard InChI is InChI=1S/C22H36N6O/c1-8-23-22(25-14-21-27-26-18(6)28(21)7)24-13-19-10-9-16(4)12-20(19)29-17(5)11-15(2)3/h9-10,12,15,17H,8,11,13-14H2,1-7H3,(H2,23,24,25). The SMILES string of the molecule is CCNC(=NCc1ccc(C)cc1OC(C)CC(C)C)NCc1nnc(C)n1C. The van der Waals surface area contributed by atoms with Crippen LogP contribution in [0, 0.1) is 19.8 Å². The minimum Gasteiger partial charge on any atom is -0.490 e. The van der Waals surface area contributed by atoms with E-state index in [0.29, 0.717) is 19.0 Å². The van der Waals surface area contributed by atoms with Gasteiger partial charge in [0, 0.05) is 19.2 Å². The Bertz CT molecular complexity index is 812. The number of aryl methyl sites for hydroxylation is 2. The zero-order valence-electron chi connectivity index (χ0n) is 18.9. The van der Waals surface area contributed by atoms with E-state index in [-0.39, 0.29) is 6.10 Å². The number of hydrogen-bond donors (Lipinski definition) is 2. The van der Waals surface area contributed by atoms with E-state index in [2.05, 4.69) is 73.6 Å². The van der Waals surface area contributed by atoms with Gasteiger partial charge in [-0.1, -0.05) is 26.0 Å². The van der Waals surface area contributed by atoms with Crippen molar-refractivity contribution in [2.45, 2.75) is 67.2 Å². The first-order valence-corrected chi connectivity index (χ1v) is 10.4. The fraction of sp³-hybridized carbons (Fsp3) is 0.591. The molecule has 1 aromatic heterocycles. The number of rotatable bonds is 9. The molecule has 0 aliphatic carbocycles. The largest absolute Gasteiger partial charge is 0.490 e. The van der Waals surface area contributed by atoms with Crippen molar-refractivity contribution in [3.8, 4) is 5.75 Å². The molecule has 0 saturated carbocycles. The summed E-state index contributed by atoms with van der Waals surface area (Å²) < 4.78 is 8.22. The third kappa shape index (κ3) is 7.07. The lowest BCUT2D eigenvalue weighted by atomic mass is 10.1. The highest BCUT2D eigenvalue weighted by molar-refractivity contribution is 5.79. The molecule has 0 aliphatic rings. The smallest absolute Gasteiger partial charge is 0.191 e. The van der Waals surface area contributed by atoms with E-state index >= 15 is 0 Å². The van der Waals surface area contributed by atoms with Crippen LogP contribution in [-0.2, 0) is 20.1 Å². The Hall–Kier alpha value is -2.57. The van der Waals surface area contributed by atoms with Crippen molar-refractivity contribution in [3.05, 3.63) is 41.0 Å². The molecule has 2 aromatic rings. The molecule has 1 heterocycles. The van der Waals surface area contributed by atoms with E-state index < -0.39 is 0 Å². The molecule has 1 unspecified atom stereocenters. The van der Waals surface area contributed by atoms with Crippen LogP contribution >= 0.6 is 0 Å². The second-order valence-corrected chi connectivity index (χ2v) is 7.94. The second-order valence-electron chi connectivity index (χ2n) is 7.94. The quantitative estimate of drug-likeness (QED) is 0.498. The number of benzene rings is 1. The molecular weight excluding hydrogens is 364 g/mol. The summed E-state index contributed by atoms with van der Waals surface area (Å²) >= 11 is 0. The van der Waals surface area contributed by atoms with Gasteiger partial charge in [-0.05, 0) is 51.7 Å². The molecule has 7 nitrogen and oxygen atoms in total. The number of guanidine groups is 1. The summed E-state index contributed by atoms with van der Waals surface area (Å²) in [5.41, 5.74) is 2.27. The zero-order chi connectivity index (χ0) is 21.4. The molecule has 0 radical (unpaired) electrons. The van der Waals surface area contributed by atoms with Gasteiger partial charge < -0.3 is 19.9 Å². The van der Waals surface area contributed by atoms with Crippen LogP contribution in [0.5, 0.6) is 5.75 Å². The first-order chi connectivity index (χ1) is 13.8. The molecule has 1 aromatic carbocycles. The Balaban J connectivity index is 2.10. The molecule has 0 spiro atoms. The highest BCUT2D eigenvalue weighted by Crippen LogP contribution is 2.24. The molecule has 0 bridgehead atoms. The van der Waals surface area contributed by atoms with Crippen LogP contribution in [0.4, 0.5) is 0 Å². The average Bonchev–Trinajstić information content (AvgIpc) is 2.96. The lowest BCUT2D eigenvalue weighted by molar-refractivity contribution is 0.191. The minimum atomic E-state index is 0.171. The Morgan fingerprint density at radius 2 is 1.93 bits per heavy atom. The number of aromatic nitrogens is 3. The average molecular weight is 401 g/mol. The van der Waals surface area contributed by atoms with Crippen LogP contribution in [0.25, 0.3) is 0 Å². The predicted molar refractivity (Wildman–Crippen MR) is 118 cm³/mol. The molecule has 7 heteroatoms. The Kier molecular flexibility index (Phi) is 8.49. The topological polar surface area (TPSA) is 76.4 Å². The zero-order valence-corrected chi connectivity index (χ0v) is 18.9. The van der Waals surface area contributed by atoms with Gasteiger partial charge in [-0.15, -0.1) is 10.2 Å². The third-order valence-electron chi connectivity index (χ3n) is 4.70. The van der Waals surface area contributed by atoms with Crippen LogP contribution in [0.1, 0.15) is 56.9 Å². The molecule has 0 fully saturated rings. The Morgan fingerprint density at radius 3 is 2.55 bits per heavy atom. The summed E-state index contributed by atoms with van der Waals surface area (Å²) in [5.74, 6) is 4.03. The predicted octanol–water partition coefficient (Wildman–Crippen LogP) is 3.50. The van der Waals surface area contributed by atoms with Crippen molar-refractivity contribution in [3.63, 3.8) is 0 Å². The van der Waals surface area contributed by atoms with Gasteiger partial charge in [0.15, 0.2) is 11.8 Å². The summed E-state index contributed by atoms with van der Waals surface area (Å²) in [5, 5.41) is 14.9. The lowest BCUT2D eigenvalue weighted by Crippen LogP contribution is -2.37. The number of hydrogen-bond acceptors (Lipinski definition) is 4. The number of nitrogens with zero attached hydrogens (tertiary/aromatic N) is 4. The fourth-order valence-corrected chi connectivity index (χ4v) is 3.10. The van der Waals surface area contributed by atoms with Gasteiger partial charge in [-0.25, -0.2) is 4.99 Å². The van der Waals surface area contributed by atoms with E-state index in [0.717, 1.165) is 41.9 Å². The van der Waals surface area contributed by atoms with Gasteiger partial charge in [0.2, 0.25) is 0 Å². The molecule has 29 heavy (non-hydrogen) atoms. The second kappa shape index (κ2) is 10.8. The molecule has 0 saturated heterocycles. The fourth-order valence-electron chi connectivity index (χ4n) is 3.10. The van der Waals surface area contributed by atoms with Gasteiger partial charge in [-0.2, -0.15) is 0 Å². The highest BCUT2D eigenvalue weighted by Gasteiger charge is 2.11. The molecule has 160 valence electrons. The lowest BCUT2D eigenvalue weighted by Gasteiger charge is -2.19. The molecule has 1 atom stereocenters. The van der Waals surface area contributed by atoms with Crippen molar-refractivity contribution in [2.75, 3.05) is 6.54 Å². The van der Waals surface area contributed by atoms with Gasteiger partial charge in [-0.3, -0.25) is 0 Å². The van der Waals surface area contributed by atoms with Crippen molar-refractivity contribution >= 4 is 5.96 Å². The minimum absolute atomic E-state index is 0.171. The van der Waals surface area contributed by atoms with E-state index in [1.54, 1.807) is 0 Å². The molecular formula is C22H36N6O. The van der Waals surface area contributed by atoms with Crippen molar-refractivity contribution in [1.29, 1.82) is 0 Å². The third-order valence-corrected chi connectivity index (χ3v) is 4.70. The van der Waals surface area contributed by atoms with Gasteiger partial charge in [0.1, 0.15) is 11.6 Å². The van der Waals surface area contributed by atoms with Gasteiger partial charge in [0.25, 0.3) is 0 Å². The number of aliphatic imine (C=N–C) groups is 1. The number of ether oxygens (including phenoxy) is 1. The van der Waals surface area contributed by atoms with Crippen LogP contribution in [0.15, 0.2) is 23.2 Å². The first kappa shape index (κ1) is 22.7.